The van der Waals surface area contributed by atoms with E-state index in [1.807, 2.05) is 0 Å². The Morgan fingerprint density at radius 3 is 2.64 bits per heavy atom. The monoisotopic (exact) mass is 463 g/mol. The van der Waals surface area contributed by atoms with Crippen molar-refractivity contribution in [2.45, 2.75) is 19.6 Å². The summed E-state index contributed by atoms with van der Waals surface area (Å²) in [6, 6.07) is 7.84. The molecule has 0 unspecified atom stereocenters. The molecule has 0 aliphatic carbocycles. The molecule has 0 bridgehead atoms. The van der Waals surface area contributed by atoms with Gasteiger partial charge in [0, 0.05) is 24.7 Å². The van der Waals surface area contributed by atoms with Crippen molar-refractivity contribution in [3.05, 3.63) is 53.3 Å². The molecule has 1 aliphatic heterocycles. The third kappa shape index (κ3) is 4.41. The Labute approximate surface area is 186 Å². The fourth-order valence-corrected chi connectivity index (χ4v) is 3.45. The number of fused-ring (bicyclic) bond motifs is 1. The lowest BCUT2D eigenvalue weighted by Crippen LogP contribution is -2.32. The molecule has 0 fully saturated rings. The number of ether oxygens (including phenoxy) is 3. The zero-order valence-electron chi connectivity index (χ0n) is 17.8. The second kappa shape index (κ2) is 8.96. The van der Waals surface area contributed by atoms with Crippen LogP contribution in [-0.2, 0) is 12.7 Å². The molecule has 174 valence electrons. The minimum absolute atomic E-state index is 0.0344. The number of halogens is 3. The summed E-state index contributed by atoms with van der Waals surface area (Å²) >= 11 is 0. The number of para-hydroxylation sites is 1. The van der Waals surface area contributed by atoms with Gasteiger partial charge in [0.15, 0.2) is 23.0 Å². The van der Waals surface area contributed by atoms with Crippen LogP contribution in [0.25, 0.3) is 5.82 Å². The molecule has 0 radical (unpaired) electrons. The van der Waals surface area contributed by atoms with Gasteiger partial charge in [0.1, 0.15) is 13.2 Å². The Bertz CT molecular complexity index is 1150. The number of hydrogen-bond donors (Lipinski definition) is 0. The van der Waals surface area contributed by atoms with E-state index in [9.17, 15) is 18.0 Å². The second-order valence-corrected chi connectivity index (χ2v) is 7.01. The molecule has 0 saturated heterocycles. The van der Waals surface area contributed by atoms with Crippen LogP contribution in [0.4, 0.5) is 13.2 Å². The first-order valence-corrected chi connectivity index (χ1v) is 10.0. The Balaban J connectivity index is 1.69. The zero-order valence-corrected chi connectivity index (χ0v) is 17.8. The van der Waals surface area contributed by atoms with Crippen LogP contribution in [0, 0.1) is 0 Å². The molecular formula is C21H20F3N5O4. The number of aromatic nitrogens is 4. The summed E-state index contributed by atoms with van der Waals surface area (Å²) < 4.78 is 58.7. The lowest BCUT2D eigenvalue weighted by molar-refractivity contribution is -0.143. The highest BCUT2D eigenvalue weighted by Gasteiger charge is 2.41. The van der Waals surface area contributed by atoms with E-state index in [1.165, 1.54) is 24.1 Å². The molecule has 33 heavy (non-hydrogen) atoms. The fourth-order valence-electron chi connectivity index (χ4n) is 3.45. The highest BCUT2D eigenvalue weighted by Crippen LogP contribution is 2.36. The Kier molecular flexibility index (Phi) is 6.07. The molecule has 4 rings (SSSR count). The van der Waals surface area contributed by atoms with Gasteiger partial charge in [0.25, 0.3) is 5.91 Å². The maximum absolute atomic E-state index is 14.0. The highest BCUT2D eigenvalue weighted by molar-refractivity contribution is 5.95. The van der Waals surface area contributed by atoms with E-state index in [4.69, 9.17) is 14.2 Å². The van der Waals surface area contributed by atoms with Crippen LogP contribution in [0.1, 0.15) is 28.5 Å². The van der Waals surface area contributed by atoms with Gasteiger partial charge in [-0.15, -0.1) is 10.2 Å². The van der Waals surface area contributed by atoms with Gasteiger partial charge in [-0.25, -0.2) is 4.68 Å². The standard InChI is InChI=1S/C21H20F3N5O4/c1-3-28(12-13-5-4-6-15-18(13)33-10-9-32-15)20(30)14-11-25-29(19(14)21(22,23)24)16-7-8-17(31-2)27-26-16/h4-8,11H,3,9-10,12H2,1-2H3. The minimum Gasteiger partial charge on any atom is -0.486 e. The third-order valence-corrected chi connectivity index (χ3v) is 5.00. The first-order valence-electron chi connectivity index (χ1n) is 10.0. The average Bonchev–Trinajstić information content (AvgIpc) is 3.28. The van der Waals surface area contributed by atoms with Crippen molar-refractivity contribution < 1.29 is 32.2 Å². The summed E-state index contributed by atoms with van der Waals surface area (Å²) in [7, 11) is 1.36. The minimum atomic E-state index is -4.87. The van der Waals surface area contributed by atoms with Crippen molar-refractivity contribution in [1.82, 2.24) is 24.9 Å². The average molecular weight is 463 g/mol. The summed E-state index contributed by atoms with van der Waals surface area (Å²) in [5.74, 6) is 0.115. The van der Waals surface area contributed by atoms with Crippen molar-refractivity contribution in [3.63, 3.8) is 0 Å². The molecule has 3 aromatic rings. The van der Waals surface area contributed by atoms with Crippen LogP contribution in [0.2, 0.25) is 0 Å². The zero-order chi connectivity index (χ0) is 23.6. The smallest absolute Gasteiger partial charge is 0.434 e. The van der Waals surface area contributed by atoms with Crippen molar-refractivity contribution >= 4 is 5.91 Å². The van der Waals surface area contributed by atoms with E-state index in [1.54, 1.807) is 25.1 Å². The Morgan fingerprint density at radius 2 is 1.97 bits per heavy atom. The number of hydrogen-bond acceptors (Lipinski definition) is 7. The molecule has 1 aromatic carbocycles. The Hall–Kier alpha value is -3.83. The second-order valence-electron chi connectivity index (χ2n) is 7.01. The van der Waals surface area contributed by atoms with Gasteiger partial charge in [0.2, 0.25) is 5.88 Å². The normalized spacial score (nSPS) is 13.0. The molecule has 1 aliphatic rings. The van der Waals surface area contributed by atoms with E-state index in [-0.39, 0.29) is 24.8 Å². The summed E-state index contributed by atoms with van der Waals surface area (Å²) in [6.07, 6.45) is -3.98. The van der Waals surface area contributed by atoms with Crippen molar-refractivity contribution in [2.75, 3.05) is 26.9 Å². The van der Waals surface area contributed by atoms with E-state index < -0.39 is 23.3 Å². The maximum atomic E-state index is 14.0. The molecule has 0 N–H and O–H groups in total. The predicted molar refractivity (Wildman–Crippen MR) is 109 cm³/mol. The molecule has 0 spiro atoms. The van der Waals surface area contributed by atoms with Crippen molar-refractivity contribution in [2.24, 2.45) is 0 Å². The van der Waals surface area contributed by atoms with Gasteiger partial charge in [0.05, 0.1) is 18.9 Å². The predicted octanol–water partition coefficient (Wildman–Crippen LogP) is 3.12. The summed E-state index contributed by atoms with van der Waals surface area (Å²) in [6.45, 7) is 2.62. The van der Waals surface area contributed by atoms with Gasteiger partial charge in [-0.2, -0.15) is 18.3 Å². The van der Waals surface area contributed by atoms with Crippen LogP contribution in [0.3, 0.4) is 0 Å². The van der Waals surface area contributed by atoms with E-state index in [0.29, 0.717) is 35.0 Å². The van der Waals surface area contributed by atoms with Crippen LogP contribution < -0.4 is 14.2 Å². The quantitative estimate of drug-likeness (QED) is 0.555. The van der Waals surface area contributed by atoms with Gasteiger partial charge < -0.3 is 19.1 Å². The first-order chi connectivity index (χ1) is 15.8. The van der Waals surface area contributed by atoms with Crippen LogP contribution >= 0.6 is 0 Å². The Morgan fingerprint density at radius 1 is 1.18 bits per heavy atom. The molecule has 0 saturated carbocycles. The first kappa shape index (κ1) is 22.4. The number of benzene rings is 1. The van der Waals surface area contributed by atoms with E-state index in [2.05, 4.69) is 15.3 Å². The highest BCUT2D eigenvalue weighted by atomic mass is 19.4. The topological polar surface area (TPSA) is 91.6 Å². The van der Waals surface area contributed by atoms with Crippen LogP contribution in [0.15, 0.2) is 36.5 Å². The van der Waals surface area contributed by atoms with Crippen molar-refractivity contribution in [3.8, 4) is 23.2 Å². The molecule has 9 nitrogen and oxygen atoms in total. The molecule has 12 heteroatoms. The summed E-state index contributed by atoms with van der Waals surface area (Å²) in [5.41, 5.74) is -1.20. The third-order valence-electron chi connectivity index (χ3n) is 5.00. The van der Waals surface area contributed by atoms with E-state index in [0.717, 1.165) is 6.20 Å². The molecule has 2 aromatic heterocycles. The molecule has 1 amide bonds. The van der Waals surface area contributed by atoms with Gasteiger partial charge in [-0.05, 0) is 19.1 Å². The van der Waals surface area contributed by atoms with Gasteiger partial charge >= 0.3 is 6.18 Å². The number of nitrogens with zero attached hydrogens (tertiary/aromatic N) is 5. The van der Waals surface area contributed by atoms with Crippen LogP contribution in [0.5, 0.6) is 17.4 Å². The maximum Gasteiger partial charge on any atom is 0.434 e. The lowest BCUT2D eigenvalue weighted by Gasteiger charge is -2.25. The fraction of sp³-hybridized carbons (Fsp3) is 0.333. The summed E-state index contributed by atoms with van der Waals surface area (Å²) in [4.78, 5) is 14.5. The van der Waals surface area contributed by atoms with Gasteiger partial charge in [-0.1, -0.05) is 12.1 Å². The lowest BCUT2D eigenvalue weighted by atomic mass is 10.1. The number of amides is 1. The number of alkyl halides is 3. The number of rotatable bonds is 6. The van der Waals surface area contributed by atoms with Crippen molar-refractivity contribution in [1.29, 1.82) is 0 Å². The molecular weight excluding hydrogens is 443 g/mol. The van der Waals surface area contributed by atoms with Gasteiger partial charge in [-0.3, -0.25) is 4.79 Å². The van der Waals surface area contributed by atoms with E-state index >= 15 is 0 Å². The largest absolute Gasteiger partial charge is 0.486 e. The number of carbonyl (C=O) groups is 1. The van der Waals surface area contributed by atoms with Crippen LogP contribution in [-0.4, -0.2) is 57.7 Å². The number of carbonyl (C=O) groups excluding carboxylic acids is 1. The summed E-state index contributed by atoms with van der Waals surface area (Å²) in [5, 5.41) is 11.2. The molecule has 0 atom stereocenters. The number of methoxy groups -OCH3 is 1. The SMILES string of the molecule is CCN(Cc1cccc2c1OCCO2)C(=O)c1cnn(-c2ccc(OC)nn2)c1C(F)(F)F. The molecule has 3 heterocycles.